The minimum atomic E-state index is 0. The van der Waals surface area contributed by atoms with Crippen LogP contribution in [-0.2, 0) is 4.74 Å². The predicted octanol–water partition coefficient (Wildman–Crippen LogP) is 4.30. The van der Waals surface area contributed by atoms with E-state index in [1.54, 1.807) is 0 Å². The summed E-state index contributed by atoms with van der Waals surface area (Å²) in [5, 5.41) is 0. The normalized spacial score (nSPS) is 36.0. The maximum Gasteiger partial charge on any atom is 0.107 e. The molecule has 4 aliphatic heterocycles. The summed E-state index contributed by atoms with van der Waals surface area (Å²) in [5.41, 5.74) is 0.372. The molecule has 0 radical (unpaired) electrons. The highest BCUT2D eigenvalue weighted by molar-refractivity contribution is 5.06. The third-order valence-electron chi connectivity index (χ3n) is 3.34. The van der Waals surface area contributed by atoms with Gasteiger partial charge in [0.05, 0.1) is 6.61 Å². The monoisotopic (exact) mass is 235 g/mol. The Labute approximate surface area is 105 Å². The molecule has 0 saturated carbocycles. The molecular formula is C14H37NO. The van der Waals surface area contributed by atoms with Gasteiger partial charge in [0.15, 0.2) is 0 Å². The number of fused-ring (bicyclic) bond motifs is 2. The van der Waals surface area contributed by atoms with Gasteiger partial charge in [-0.05, 0) is 31.8 Å². The van der Waals surface area contributed by atoms with Crippen LogP contribution in [0.5, 0.6) is 0 Å². The van der Waals surface area contributed by atoms with Gasteiger partial charge in [-0.15, -0.1) is 0 Å². The van der Waals surface area contributed by atoms with Crippen molar-refractivity contribution in [3.05, 3.63) is 0 Å². The first kappa shape index (κ1) is 24.9. The molecule has 2 nitrogen and oxygen atoms in total. The van der Waals surface area contributed by atoms with Gasteiger partial charge in [0, 0.05) is 6.54 Å². The first-order valence-corrected chi connectivity index (χ1v) is 4.25. The Morgan fingerprint density at radius 1 is 0.875 bits per heavy atom. The lowest BCUT2D eigenvalue weighted by Gasteiger charge is -2.43. The van der Waals surface area contributed by atoms with E-state index in [1.807, 2.05) is 0 Å². The molecule has 0 N–H and O–H groups in total. The molecule has 0 aromatic carbocycles. The summed E-state index contributed by atoms with van der Waals surface area (Å²) in [4.78, 5) is 2.55. The van der Waals surface area contributed by atoms with E-state index in [-0.39, 0.29) is 44.6 Å². The molecule has 16 heavy (non-hydrogen) atoms. The molecule has 104 valence electrons. The van der Waals surface area contributed by atoms with Crippen molar-refractivity contribution < 1.29 is 4.74 Å². The van der Waals surface area contributed by atoms with Crippen molar-refractivity contribution in [2.75, 3.05) is 26.2 Å². The molecule has 0 aliphatic carbocycles. The smallest absolute Gasteiger partial charge is 0.107 e. The number of hydrogen-bond donors (Lipinski definition) is 0. The number of ether oxygens (including phenoxy) is 1. The fourth-order valence-corrected chi connectivity index (χ4v) is 2.54. The molecule has 4 rings (SSSR count). The van der Waals surface area contributed by atoms with Crippen LogP contribution in [0.3, 0.4) is 0 Å². The number of epoxide rings is 1. The maximum atomic E-state index is 5.53. The maximum absolute atomic E-state index is 5.53. The molecule has 2 heteroatoms. The summed E-state index contributed by atoms with van der Waals surface area (Å²) in [6, 6.07) is 0. The summed E-state index contributed by atoms with van der Waals surface area (Å²) >= 11 is 0. The van der Waals surface area contributed by atoms with E-state index in [0.29, 0.717) is 5.60 Å². The average molecular weight is 235 g/mol. The summed E-state index contributed by atoms with van der Waals surface area (Å²) in [6.45, 7) is 4.94. The van der Waals surface area contributed by atoms with Crippen LogP contribution in [0, 0.1) is 5.92 Å². The van der Waals surface area contributed by atoms with E-state index < -0.39 is 0 Å². The Kier molecular flexibility index (Phi) is 12.6. The minimum Gasteiger partial charge on any atom is -0.368 e. The van der Waals surface area contributed by atoms with Gasteiger partial charge in [0.1, 0.15) is 5.60 Å². The second kappa shape index (κ2) is 8.08. The Morgan fingerprint density at radius 3 is 1.50 bits per heavy atom. The molecule has 4 saturated heterocycles. The quantitative estimate of drug-likeness (QED) is 0.582. The Balaban J connectivity index is -0.000000120. The van der Waals surface area contributed by atoms with Gasteiger partial charge in [-0.1, -0.05) is 44.6 Å². The molecule has 1 atom stereocenters. The Bertz CT molecular complexity index is 158. The molecule has 0 aromatic rings. The third kappa shape index (κ3) is 3.46. The zero-order chi connectivity index (χ0) is 6.60. The van der Waals surface area contributed by atoms with Crippen molar-refractivity contribution in [2.24, 2.45) is 5.92 Å². The van der Waals surface area contributed by atoms with Crippen molar-refractivity contribution in [3.8, 4) is 0 Å². The average Bonchev–Trinajstić information content (AvgIpc) is 2.72. The SMILES string of the molecule is C.C.C.C.C.C.C1CN2CCC1C1(CO1)C2. The molecule has 2 bridgehead atoms. The van der Waals surface area contributed by atoms with Crippen LogP contribution in [0.15, 0.2) is 0 Å². The molecule has 0 amide bonds. The highest BCUT2D eigenvalue weighted by atomic mass is 16.6. The first-order chi connectivity index (χ1) is 4.89. The van der Waals surface area contributed by atoms with Crippen molar-refractivity contribution in [3.63, 3.8) is 0 Å². The molecule has 0 aromatic heterocycles. The van der Waals surface area contributed by atoms with E-state index in [0.717, 1.165) is 12.5 Å². The topological polar surface area (TPSA) is 15.8 Å². The number of nitrogens with zero attached hydrogens (tertiary/aromatic N) is 1. The Morgan fingerprint density at radius 2 is 1.31 bits per heavy atom. The second-order valence-corrected chi connectivity index (χ2v) is 3.90. The second-order valence-electron chi connectivity index (χ2n) is 3.90. The fraction of sp³-hybridized carbons (Fsp3) is 1.00. The van der Waals surface area contributed by atoms with E-state index in [2.05, 4.69) is 4.90 Å². The fourth-order valence-electron chi connectivity index (χ4n) is 2.54. The molecule has 4 aliphatic rings. The molecule has 4 heterocycles. The van der Waals surface area contributed by atoms with E-state index in [1.165, 1.54) is 32.5 Å². The molecular weight excluding hydrogens is 198 g/mol. The number of piperidine rings is 3. The largest absolute Gasteiger partial charge is 0.368 e. The predicted molar refractivity (Wildman–Crippen MR) is 78.2 cm³/mol. The zero-order valence-electron chi connectivity index (χ0n) is 6.18. The standard InChI is InChI=1S/C8H13NO.6CH4/c1-3-9-4-2-7(1)8(5-9)6-10-8;;;;;;/h7H,1-6H2;6*1H4. The molecule has 1 unspecified atom stereocenters. The number of hydrogen-bond acceptors (Lipinski definition) is 2. The summed E-state index contributed by atoms with van der Waals surface area (Å²) in [6.07, 6.45) is 2.78. The molecule has 1 spiro atoms. The van der Waals surface area contributed by atoms with Crippen LogP contribution in [-0.4, -0.2) is 36.7 Å². The van der Waals surface area contributed by atoms with Gasteiger partial charge >= 0.3 is 0 Å². The highest BCUT2D eigenvalue weighted by Crippen LogP contribution is 2.46. The van der Waals surface area contributed by atoms with Crippen molar-refractivity contribution in [1.29, 1.82) is 0 Å². The molecule has 4 fully saturated rings. The zero-order valence-corrected chi connectivity index (χ0v) is 6.18. The summed E-state index contributed by atoms with van der Waals surface area (Å²) in [5.74, 6) is 0.914. The minimum absolute atomic E-state index is 0. The lowest BCUT2D eigenvalue weighted by Crippen LogP contribution is -2.52. The van der Waals surface area contributed by atoms with Gasteiger partial charge in [-0.25, -0.2) is 0 Å². The third-order valence-corrected chi connectivity index (χ3v) is 3.34. The van der Waals surface area contributed by atoms with Crippen LogP contribution < -0.4 is 0 Å². The lowest BCUT2D eigenvalue weighted by molar-refractivity contribution is 0.0242. The lowest BCUT2D eigenvalue weighted by atomic mass is 9.79. The van der Waals surface area contributed by atoms with Gasteiger partial charge in [-0.2, -0.15) is 0 Å². The van der Waals surface area contributed by atoms with Gasteiger partial charge in [0.25, 0.3) is 0 Å². The summed E-state index contributed by atoms with van der Waals surface area (Å²) < 4.78 is 5.53. The first-order valence-electron chi connectivity index (χ1n) is 4.25. The van der Waals surface area contributed by atoms with Crippen molar-refractivity contribution in [2.45, 2.75) is 63.0 Å². The highest BCUT2D eigenvalue weighted by Gasteiger charge is 2.56. The van der Waals surface area contributed by atoms with Crippen LogP contribution >= 0.6 is 0 Å². The van der Waals surface area contributed by atoms with Gasteiger partial charge < -0.3 is 9.64 Å². The van der Waals surface area contributed by atoms with E-state index in [4.69, 9.17) is 4.74 Å². The Hall–Kier alpha value is -0.0800. The van der Waals surface area contributed by atoms with Crippen molar-refractivity contribution in [1.82, 2.24) is 4.90 Å². The van der Waals surface area contributed by atoms with Crippen LogP contribution in [0.4, 0.5) is 0 Å². The van der Waals surface area contributed by atoms with Gasteiger partial charge in [-0.3, -0.25) is 0 Å². The van der Waals surface area contributed by atoms with Gasteiger partial charge in [0.2, 0.25) is 0 Å². The summed E-state index contributed by atoms with van der Waals surface area (Å²) in [7, 11) is 0. The van der Waals surface area contributed by atoms with Crippen molar-refractivity contribution >= 4 is 0 Å². The van der Waals surface area contributed by atoms with Crippen LogP contribution in [0.1, 0.15) is 57.4 Å². The van der Waals surface area contributed by atoms with E-state index in [9.17, 15) is 0 Å². The van der Waals surface area contributed by atoms with Crippen LogP contribution in [0.2, 0.25) is 0 Å². The van der Waals surface area contributed by atoms with Crippen LogP contribution in [0.25, 0.3) is 0 Å². The van der Waals surface area contributed by atoms with E-state index >= 15 is 0 Å². The number of rotatable bonds is 0.